The molecule has 1 saturated heterocycles. The summed E-state index contributed by atoms with van der Waals surface area (Å²) < 4.78 is 0. The van der Waals surface area contributed by atoms with Crippen molar-refractivity contribution >= 4 is 40.7 Å². The Kier molecular flexibility index (Phi) is 6.20. The van der Waals surface area contributed by atoms with E-state index in [0.29, 0.717) is 15.6 Å². The number of carbonyl (C=O) groups excluding carboxylic acids is 1. The van der Waals surface area contributed by atoms with Gasteiger partial charge >= 0.3 is 0 Å². The normalized spacial score (nSPS) is 16.0. The van der Waals surface area contributed by atoms with Crippen LogP contribution in [-0.2, 0) is 6.54 Å². The first-order valence-corrected chi connectivity index (χ1v) is 9.13. The number of hydrogen-bond donors (Lipinski definition) is 1. The summed E-state index contributed by atoms with van der Waals surface area (Å²) in [6.07, 6.45) is 0. The Morgan fingerprint density at radius 3 is 2.36 bits per heavy atom. The Bertz CT molecular complexity index is 761. The molecule has 0 aromatic heterocycles. The number of hydrogen-bond acceptors (Lipinski definition) is 3. The first kappa shape index (κ1) is 18.5. The highest BCUT2D eigenvalue weighted by Crippen LogP contribution is 2.21. The van der Waals surface area contributed by atoms with Crippen LogP contribution < -0.4 is 5.43 Å². The minimum atomic E-state index is -0.221. The van der Waals surface area contributed by atoms with Crippen LogP contribution in [0.3, 0.4) is 0 Å². The van der Waals surface area contributed by atoms with Gasteiger partial charge in [0, 0.05) is 42.8 Å². The van der Waals surface area contributed by atoms with Gasteiger partial charge in [0.05, 0.1) is 10.6 Å². The maximum absolute atomic E-state index is 12.4. The highest BCUT2D eigenvalue weighted by Gasteiger charge is 2.20. The summed E-state index contributed by atoms with van der Waals surface area (Å²) in [5.74, 6) is -0.221. The predicted octanol–water partition coefficient (Wildman–Crippen LogP) is 4.11. The highest BCUT2D eigenvalue weighted by molar-refractivity contribution is 6.36. The molecule has 4 nitrogen and oxygen atoms in total. The maximum atomic E-state index is 12.4. The molecule has 3 rings (SSSR count). The molecule has 0 saturated carbocycles. The lowest BCUT2D eigenvalue weighted by atomic mass is 10.2. The number of halogens is 3. The van der Waals surface area contributed by atoms with Crippen LogP contribution in [-0.4, -0.2) is 42.0 Å². The van der Waals surface area contributed by atoms with E-state index in [0.717, 1.165) is 43.3 Å². The molecule has 0 spiro atoms. The number of rotatable bonds is 4. The van der Waals surface area contributed by atoms with E-state index in [2.05, 4.69) is 10.3 Å². The number of nitrogens with zero attached hydrogens (tertiary/aromatic N) is 2. The van der Waals surface area contributed by atoms with Gasteiger partial charge in [-0.3, -0.25) is 15.1 Å². The Balaban J connectivity index is 1.52. The summed E-state index contributed by atoms with van der Waals surface area (Å²) in [6.45, 7) is 3.98. The van der Waals surface area contributed by atoms with Crippen LogP contribution in [0.15, 0.2) is 42.5 Å². The Morgan fingerprint density at radius 2 is 1.68 bits per heavy atom. The molecule has 0 bridgehead atoms. The highest BCUT2D eigenvalue weighted by atomic mass is 35.5. The van der Waals surface area contributed by atoms with Gasteiger partial charge in [-0.05, 0) is 29.8 Å². The van der Waals surface area contributed by atoms with E-state index >= 15 is 0 Å². The quantitative estimate of drug-likeness (QED) is 0.842. The molecule has 1 heterocycles. The van der Waals surface area contributed by atoms with Gasteiger partial charge in [0.2, 0.25) is 0 Å². The van der Waals surface area contributed by atoms with Crippen LogP contribution in [0.25, 0.3) is 0 Å². The van der Waals surface area contributed by atoms with Crippen molar-refractivity contribution in [2.24, 2.45) is 0 Å². The lowest BCUT2D eigenvalue weighted by molar-refractivity contribution is 0.0605. The molecule has 1 fully saturated rings. The van der Waals surface area contributed by atoms with Crippen LogP contribution in [0.2, 0.25) is 15.1 Å². The topological polar surface area (TPSA) is 35.6 Å². The van der Waals surface area contributed by atoms with Gasteiger partial charge in [-0.15, -0.1) is 0 Å². The van der Waals surface area contributed by atoms with Crippen LogP contribution in [0, 0.1) is 0 Å². The van der Waals surface area contributed by atoms with Crippen molar-refractivity contribution in [1.29, 1.82) is 0 Å². The minimum absolute atomic E-state index is 0.221. The number of nitrogens with one attached hydrogen (secondary N) is 1. The molecule has 0 unspecified atom stereocenters. The molecule has 0 atom stereocenters. The lowest BCUT2D eigenvalue weighted by Crippen LogP contribution is -2.53. The fourth-order valence-electron chi connectivity index (χ4n) is 2.76. The van der Waals surface area contributed by atoms with Crippen molar-refractivity contribution < 1.29 is 4.79 Å². The molecule has 1 aliphatic heterocycles. The third kappa shape index (κ3) is 4.87. The number of piperazine rings is 1. The first-order valence-electron chi connectivity index (χ1n) is 7.99. The van der Waals surface area contributed by atoms with E-state index < -0.39 is 0 Å². The van der Waals surface area contributed by atoms with E-state index in [4.69, 9.17) is 34.8 Å². The van der Waals surface area contributed by atoms with E-state index in [-0.39, 0.29) is 5.91 Å². The molecule has 1 N–H and O–H groups in total. The second-order valence-electron chi connectivity index (χ2n) is 5.92. The van der Waals surface area contributed by atoms with Gasteiger partial charge in [0.15, 0.2) is 0 Å². The first-order chi connectivity index (χ1) is 12.0. The Labute approximate surface area is 162 Å². The Hall–Kier alpha value is -1.30. The molecule has 0 aliphatic carbocycles. The molecular formula is C18H18Cl3N3O. The zero-order valence-corrected chi connectivity index (χ0v) is 15.8. The van der Waals surface area contributed by atoms with E-state index in [9.17, 15) is 4.79 Å². The Morgan fingerprint density at radius 1 is 0.960 bits per heavy atom. The van der Waals surface area contributed by atoms with Crippen LogP contribution in [0.4, 0.5) is 0 Å². The van der Waals surface area contributed by atoms with Crippen molar-refractivity contribution in [1.82, 2.24) is 15.3 Å². The van der Waals surface area contributed by atoms with Crippen molar-refractivity contribution in [3.8, 4) is 0 Å². The van der Waals surface area contributed by atoms with Gasteiger partial charge in [-0.1, -0.05) is 53.0 Å². The molecule has 25 heavy (non-hydrogen) atoms. The number of hydrazine groups is 1. The SMILES string of the molecule is O=C(NN1CCN(Cc2ccccc2Cl)CC1)c1ccc(Cl)cc1Cl. The monoisotopic (exact) mass is 397 g/mol. The van der Waals surface area contributed by atoms with E-state index in [1.807, 2.05) is 29.3 Å². The van der Waals surface area contributed by atoms with Gasteiger partial charge in [0.1, 0.15) is 0 Å². The van der Waals surface area contributed by atoms with Crippen LogP contribution >= 0.6 is 34.8 Å². The average molecular weight is 399 g/mol. The van der Waals surface area contributed by atoms with Crippen molar-refractivity contribution in [3.63, 3.8) is 0 Å². The predicted molar refractivity (Wildman–Crippen MR) is 102 cm³/mol. The molecule has 2 aromatic rings. The minimum Gasteiger partial charge on any atom is -0.296 e. The second-order valence-corrected chi connectivity index (χ2v) is 7.17. The van der Waals surface area contributed by atoms with E-state index in [1.54, 1.807) is 18.2 Å². The number of amides is 1. The van der Waals surface area contributed by atoms with Crippen molar-refractivity contribution in [2.75, 3.05) is 26.2 Å². The molecule has 1 aliphatic rings. The number of benzene rings is 2. The summed E-state index contributed by atoms with van der Waals surface area (Å²) in [5, 5.41) is 3.56. The summed E-state index contributed by atoms with van der Waals surface area (Å²) in [6, 6.07) is 12.7. The largest absolute Gasteiger partial charge is 0.296 e. The summed E-state index contributed by atoms with van der Waals surface area (Å²) >= 11 is 18.2. The standard InChI is InChI=1S/C18H18Cl3N3O/c19-14-5-6-15(17(21)11-14)18(25)22-24-9-7-23(8-10-24)12-13-3-1-2-4-16(13)20/h1-6,11H,7-10,12H2,(H,22,25). The second kappa shape index (κ2) is 8.39. The molecule has 0 radical (unpaired) electrons. The van der Waals surface area contributed by atoms with Gasteiger partial charge in [-0.2, -0.15) is 0 Å². The molecule has 1 amide bonds. The fourth-order valence-corrected chi connectivity index (χ4v) is 3.45. The van der Waals surface area contributed by atoms with Gasteiger partial charge < -0.3 is 0 Å². The molecule has 132 valence electrons. The maximum Gasteiger partial charge on any atom is 0.267 e. The van der Waals surface area contributed by atoms with Crippen LogP contribution in [0.5, 0.6) is 0 Å². The fraction of sp³-hybridized carbons (Fsp3) is 0.278. The summed E-state index contributed by atoms with van der Waals surface area (Å²) in [5.41, 5.74) is 4.45. The van der Waals surface area contributed by atoms with E-state index in [1.165, 1.54) is 0 Å². The molecule has 7 heteroatoms. The molecular weight excluding hydrogens is 381 g/mol. The van der Waals surface area contributed by atoms with Crippen LogP contribution in [0.1, 0.15) is 15.9 Å². The van der Waals surface area contributed by atoms with Gasteiger partial charge in [0.25, 0.3) is 5.91 Å². The zero-order valence-electron chi connectivity index (χ0n) is 13.5. The summed E-state index contributed by atoms with van der Waals surface area (Å²) in [4.78, 5) is 14.7. The third-order valence-electron chi connectivity index (χ3n) is 4.16. The molecule has 2 aromatic carbocycles. The van der Waals surface area contributed by atoms with Gasteiger partial charge in [-0.25, -0.2) is 5.01 Å². The lowest BCUT2D eigenvalue weighted by Gasteiger charge is -2.34. The average Bonchev–Trinajstić information content (AvgIpc) is 2.58. The smallest absolute Gasteiger partial charge is 0.267 e. The van der Waals surface area contributed by atoms with Crippen molar-refractivity contribution in [2.45, 2.75) is 6.54 Å². The third-order valence-corrected chi connectivity index (χ3v) is 5.08. The number of carbonyl (C=O) groups is 1. The zero-order chi connectivity index (χ0) is 17.8. The summed E-state index contributed by atoms with van der Waals surface area (Å²) in [7, 11) is 0. The van der Waals surface area contributed by atoms with Crippen molar-refractivity contribution in [3.05, 3.63) is 68.7 Å².